The van der Waals surface area contributed by atoms with Crippen molar-refractivity contribution in [1.82, 2.24) is 0 Å². The fourth-order valence-electron chi connectivity index (χ4n) is 1.55. The summed E-state index contributed by atoms with van der Waals surface area (Å²) in [6.45, 7) is 2.14. The molecule has 0 saturated heterocycles. The number of Topliss-reactive ketones (excluding diaryl/α,β-unsaturated/α-hetero) is 1. The molecule has 1 rings (SSSR count). The van der Waals surface area contributed by atoms with Crippen molar-refractivity contribution < 1.29 is 9.53 Å². The second kappa shape index (κ2) is 4.94. The molecule has 3 heteroatoms. The molecular weight excluding hydrogens is 190 g/mol. The molecule has 1 aromatic rings. The van der Waals surface area contributed by atoms with Crippen molar-refractivity contribution >= 4 is 11.5 Å². The van der Waals surface area contributed by atoms with Gasteiger partial charge in [-0.2, -0.15) is 0 Å². The molecule has 3 nitrogen and oxygen atoms in total. The first-order valence-electron chi connectivity index (χ1n) is 4.86. The van der Waals surface area contributed by atoms with E-state index < -0.39 is 0 Å². The maximum absolute atomic E-state index is 11.5. The van der Waals surface area contributed by atoms with E-state index in [2.05, 4.69) is 0 Å². The van der Waals surface area contributed by atoms with Gasteiger partial charge in [0, 0.05) is 32.5 Å². The predicted octanol–water partition coefficient (Wildman–Crippen LogP) is 1.89. The molecule has 15 heavy (non-hydrogen) atoms. The van der Waals surface area contributed by atoms with Gasteiger partial charge in [-0.25, -0.2) is 0 Å². The third kappa shape index (κ3) is 2.80. The van der Waals surface area contributed by atoms with Crippen LogP contribution >= 0.6 is 0 Å². The van der Waals surface area contributed by atoms with Gasteiger partial charge in [-0.1, -0.05) is 0 Å². The first kappa shape index (κ1) is 11.7. The van der Waals surface area contributed by atoms with Gasteiger partial charge in [0.25, 0.3) is 0 Å². The molecule has 0 aliphatic rings. The first-order valence-corrected chi connectivity index (χ1v) is 4.86. The predicted molar refractivity (Wildman–Crippen MR) is 61.7 cm³/mol. The van der Waals surface area contributed by atoms with Crippen molar-refractivity contribution in [2.24, 2.45) is 0 Å². The van der Waals surface area contributed by atoms with Gasteiger partial charge in [-0.15, -0.1) is 0 Å². The average Bonchev–Trinajstić information content (AvgIpc) is 2.17. The Balaban J connectivity index is 2.96. The smallest absolute Gasteiger partial charge is 0.188 e. The zero-order chi connectivity index (χ0) is 11.4. The standard InChI is InChI=1S/C12H17NO2/c1-9-7-10(12(14)8-15-4)5-6-11(9)13(2)3/h5-7H,8H2,1-4H3. The van der Waals surface area contributed by atoms with Crippen LogP contribution in [0.4, 0.5) is 5.69 Å². The number of anilines is 1. The van der Waals surface area contributed by atoms with Crippen LogP contribution in [0, 0.1) is 6.92 Å². The molecule has 0 spiro atoms. The lowest BCUT2D eigenvalue weighted by molar-refractivity contribution is 0.0848. The minimum absolute atomic E-state index is 0.0194. The molecule has 0 unspecified atom stereocenters. The fraction of sp³-hybridized carbons (Fsp3) is 0.417. The summed E-state index contributed by atoms with van der Waals surface area (Å²) in [7, 11) is 5.50. The molecule has 82 valence electrons. The van der Waals surface area contributed by atoms with E-state index >= 15 is 0 Å². The highest BCUT2D eigenvalue weighted by Gasteiger charge is 2.07. The maximum atomic E-state index is 11.5. The van der Waals surface area contributed by atoms with Crippen LogP contribution in [0.2, 0.25) is 0 Å². The summed E-state index contributed by atoms with van der Waals surface area (Å²) in [5.41, 5.74) is 2.94. The molecule has 0 heterocycles. The van der Waals surface area contributed by atoms with Gasteiger partial charge in [0.15, 0.2) is 5.78 Å². The molecule has 0 aliphatic carbocycles. The number of nitrogens with zero attached hydrogens (tertiary/aromatic N) is 1. The van der Waals surface area contributed by atoms with Crippen LogP contribution < -0.4 is 4.90 Å². The van der Waals surface area contributed by atoms with Gasteiger partial charge in [-0.3, -0.25) is 4.79 Å². The Kier molecular flexibility index (Phi) is 3.86. The lowest BCUT2D eigenvalue weighted by atomic mass is 10.1. The van der Waals surface area contributed by atoms with Crippen LogP contribution in [0.25, 0.3) is 0 Å². The van der Waals surface area contributed by atoms with Crippen molar-refractivity contribution in [3.8, 4) is 0 Å². The van der Waals surface area contributed by atoms with E-state index in [1.807, 2.05) is 44.1 Å². The van der Waals surface area contributed by atoms with Gasteiger partial charge >= 0.3 is 0 Å². The highest BCUT2D eigenvalue weighted by atomic mass is 16.5. The Morgan fingerprint density at radius 3 is 2.53 bits per heavy atom. The molecule has 0 N–H and O–H groups in total. The monoisotopic (exact) mass is 207 g/mol. The van der Waals surface area contributed by atoms with E-state index in [1.54, 1.807) is 0 Å². The zero-order valence-corrected chi connectivity index (χ0v) is 9.70. The van der Waals surface area contributed by atoms with Gasteiger partial charge in [0.2, 0.25) is 0 Å². The topological polar surface area (TPSA) is 29.5 Å². The molecule has 0 atom stereocenters. The van der Waals surface area contributed by atoms with E-state index in [0.29, 0.717) is 5.56 Å². The van der Waals surface area contributed by atoms with Crippen molar-refractivity contribution in [1.29, 1.82) is 0 Å². The van der Waals surface area contributed by atoms with Gasteiger partial charge < -0.3 is 9.64 Å². The van der Waals surface area contributed by atoms with E-state index in [4.69, 9.17) is 4.74 Å². The minimum Gasteiger partial charge on any atom is -0.377 e. The molecule has 0 aromatic heterocycles. The lowest BCUT2D eigenvalue weighted by Gasteiger charge is -2.16. The van der Waals surface area contributed by atoms with Gasteiger partial charge in [0.1, 0.15) is 6.61 Å². The minimum atomic E-state index is 0.0194. The fourth-order valence-corrected chi connectivity index (χ4v) is 1.55. The molecule has 1 aromatic carbocycles. The molecular formula is C12H17NO2. The number of carbonyl (C=O) groups is 1. The summed E-state index contributed by atoms with van der Waals surface area (Å²) in [5, 5.41) is 0. The number of hydrogen-bond donors (Lipinski definition) is 0. The summed E-state index contributed by atoms with van der Waals surface area (Å²) in [5.74, 6) is 0.0194. The summed E-state index contributed by atoms with van der Waals surface area (Å²) in [6.07, 6.45) is 0. The van der Waals surface area contributed by atoms with E-state index in [1.165, 1.54) is 7.11 Å². The summed E-state index contributed by atoms with van der Waals surface area (Å²) in [6, 6.07) is 5.69. The van der Waals surface area contributed by atoms with Crippen LogP contribution in [0.1, 0.15) is 15.9 Å². The van der Waals surface area contributed by atoms with Gasteiger partial charge in [-0.05, 0) is 30.7 Å². The van der Waals surface area contributed by atoms with Crippen LogP contribution in [-0.4, -0.2) is 33.6 Å². The van der Waals surface area contributed by atoms with Crippen LogP contribution in [0.15, 0.2) is 18.2 Å². The van der Waals surface area contributed by atoms with E-state index in [-0.39, 0.29) is 12.4 Å². The van der Waals surface area contributed by atoms with Crippen molar-refractivity contribution in [2.75, 3.05) is 32.7 Å². The number of aryl methyl sites for hydroxylation is 1. The number of hydrogen-bond acceptors (Lipinski definition) is 3. The third-order valence-corrected chi connectivity index (χ3v) is 2.28. The second-order valence-corrected chi connectivity index (χ2v) is 3.75. The zero-order valence-electron chi connectivity index (χ0n) is 9.70. The van der Waals surface area contributed by atoms with Crippen LogP contribution in [0.3, 0.4) is 0 Å². The maximum Gasteiger partial charge on any atom is 0.188 e. The second-order valence-electron chi connectivity index (χ2n) is 3.75. The number of ketones is 1. The molecule has 0 fully saturated rings. The van der Waals surface area contributed by atoms with E-state index in [0.717, 1.165) is 11.3 Å². The van der Waals surface area contributed by atoms with Crippen molar-refractivity contribution in [3.63, 3.8) is 0 Å². The van der Waals surface area contributed by atoms with Crippen LogP contribution in [0.5, 0.6) is 0 Å². The quantitative estimate of drug-likeness (QED) is 0.706. The first-order chi connectivity index (χ1) is 7.06. The molecule has 0 aliphatic heterocycles. The van der Waals surface area contributed by atoms with Crippen molar-refractivity contribution in [2.45, 2.75) is 6.92 Å². The van der Waals surface area contributed by atoms with Crippen LogP contribution in [-0.2, 0) is 4.74 Å². The summed E-state index contributed by atoms with van der Waals surface area (Å²) >= 11 is 0. The number of ether oxygens (including phenoxy) is 1. The number of rotatable bonds is 4. The third-order valence-electron chi connectivity index (χ3n) is 2.28. The molecule has 0 radical (unpaired) electrons. The molecule has 0 bridgehead atoms. The number of carbonyl (C=O) groups excluding carboxylic acids is 1. The Labute approximate surface area is 90.7 Å². The Hall–Kier alpha value is -1.35. The highest BCUT2D eigenvalue weighted by molar-refractivity contribution is 5.97. The van der Waals surface area contributed by atoms with E-state index in [9.17, 15) is 4.79 Å². The Morgan fingerprint density at radius 1 is 1.40 bits per heavy atom. The Bertz CT molecular complexity index is 359. The largest absolute Gasteiger partial charge is 0.377 e. The van der Waals surface area contributed by atoms with Gasteiger partial charge in [0.05, 0.1) is 0 Å². The highest BCUT2D eigenvalue weighted by Crippen LogP contribution is 2.19. The van der Waals surface area contributed by atoms with Crippen molar-refractivity contribution in [3.05, 3.63) is 29.3 Å². The average molecular weight is 207 g/mol. The SMILES string of the molecule is COCC(=O)c1ccc(N(C)C)c(C)c1. The normalized spacial score (nSPS) is 10.1. The number of benzene rings is 1. The summed E-state index contributed by atoms with van der Waals surface area (Å²) < 4.78 is 4.82. The summed E-state index contributed by atoms with van der Waals surface area (Å²) in [4.78, 5) is 13.6. The lowest BCUT2D eigenvalue weighted by Crippen LogP contribution is -2.12. The molecule has 0 amide bonds. The molecule has 0 saturated carbocycles. The Morgan fingerprint density at radius 2 is 2.07 bits per heavy atom. The number of methoxy groups -OCH3 is 1.